The summed E-state index contributed by atoms with van der Waals surface area (Å²) < 4.78 is 27.7. The van der Waals surface area contributed by atoms with E-state index in [1.165, 1.54) is 7.11 Å². The SMILES string of the molecule is [2H]C([2H])([2H])n1cnc(-c2cccc(N)c2OC)n1. The maximum Gasteiger partial charge on any atom is 0.184 e. The van der Waals surface area contributed by atoms with Crippen LogP contribution in [0, 0.1) is 0 Å². The number of anilines is 1. The molecule has 0 aliphatic carbocycles. The van der Waals surface area contributed by atoms with Gasteiger partial charge in [-0.3, -0.25) is 4.68 Å². The molecule has 2 rings (SSSR count). The Kier molecular flexibility index (Phi) is 1.55. The Morgan fingerprint density at radius 1 is 1.53 bits per heavy atom. The molecule has 0 saturated carbocycles. The predicted molar refractivity (Wildman–Crippen MR) is 57.4 cm³/mol. The third-order valence-corrected chi connectivity index (χ3v) is 1.98. The lowest BCUT2D eigenvalue weighted by Crippen LogP contribution is -1.96. The van der Waals surface area contributed by atoms with Crippen molar-refractivity contribution in [2.75, 3.05) is 12.8 Å². The van der Waals surface area contributed by atoms with Crippen molar-refractivity contribution in [3.63, 3.8) is 0 Å². The van der Waals surface area contributed by atoms with Crippen LogP contribution in [0.25, 0.3) is 11.4 Å². The molecule has 1 aromatic heterocycles. The van der Waals surface area contributed by atoms with Gasteiger partial charge in [-0.2, -0.15) is 5.10 Å². The van der Waals surface area contributed by atoms with Gasteiger partial charge in [-0.25, -0.2) is 4.98 Å². The summed E-state index contributed by atoms with van der Waals surface area (Å²) in [7, 11) is 1.48. The standard InChI is InChI=1S/C10H12N4O/c1-14-6-12-10(13-14)7-4-3-5-8(11)9(7)15-2/h3-6H,11H2,1-2H3/i1D3. The van der Waals surface area contributed by atoms with Gasteiger partial charge >= 0.3 is 0 Å². The first-order valence-electron chi connectivity index (χ1n) is 5.78. The fraction of sp³-hybridized carbons (Fsp3) is 0.200. The molecule has 1 heterocycles. The molecule has 0 radical (unpaired) electrons. The van der Waals surface area contributed by atoms with Gasteiger partial charge in [-0.1, -0.05) is 6.07 Å². The number of hydrogen-bond acceptors (Lipinski definition) is 4. The molecule has 0 amide bonds. The number of methoxy groups -OCH3 is 1. The molecule has 0 fully saturated rings. The zero-order valence-corrected chi connectivity index (χ0v) is 8.14. The van der Waals surface area contributed by atoms with Crippen molar-refractivity contribution in [3.8, 4) is 17.1 Å². The van der Waals surface area contributed by atoms with Gasteiger partial charge in [0.25, 0.3) is 0 Å². The maximum absolute atomic E-state index is 7.23. The van der Waals surface area contributed by atoms with E-state index in [-0.39, 0.29) is 5.82 Å². The molecular formula is C10H12N4O. The Balaban J connectivity index is 2.50. The van der Waals surface area contributed by atoms with Gasteiger partial charge in [0.2, 0.25) is 0 Å². The molecule has 1 aromatic carbocycles. The number of aryl methyl sites for hydroxylation is 1. The molecule has 0 saturated heterocycles. The van der Waals surface area contributed by atoms with Gasteiger partial charge in [0.05, 0.1) is 18.4 Å². The summed E-state index contributed by atoms with van der Waals surface area (Å²) in [5.41, 5.74) is 6.76. The number of nitrogen functional groups attached to an aromatic ring is 1. The molecule has 15 heavy (non-hydrogen) atoms. The zero-order valence-electron chi connectivity index (χ0n) is 11.1. The summed E-state index contributed by atoms with van der Waals surface area (Å²) in [6, 6.07) is 5.13. The van der Waals surface area contributed by atoms with Gasteiger partial charge in [-0.15, -0.1) is 0 Å². The maximum atomic E-state index is 7.23. The molecule has 2 N–H and O–H groups in total. The molecule has 0 spiro atoms. The van der Waals surface area contributed by atoms with Crippen LogP contribution in [0.15, 0.2) is 24.5 Å². The Morgan fingerprint density at radius 2 is 2.40 bits per heavy atom. The van der Waals surface area contributed by atoms with Gasteiger partial charge in [0, 0.05) is 11.1 Å². The normalized spacial score (nSPS) is 14.1. The van der Waals surface area contributed by atoms with Gasteiger partial charge in [-0.05, 0) is 12.1 Å². The van der Waals surface area contributed by atoms with Crippen LogP contribution >= 0.6 is 0 Å². The number of ether oxygens (including phenoxy) is 1. The van der Waals surface area contributed by atoms with Crippen LogP contribution in [0.3, 0.4) is 0 Å². The number of nitrogens with zero attached hydrogens (tertiary/aromatic N) is 3. The highest BCUT2D eigenvalue weighted by Gasteiger charge is 2.11. The third kappa shape index (κ3) is 1.63. The van der Waals surface area contributed by atoms with E-state index in [4.69, 9.17) is 14.6 Å². The lowest BCUT2D eigenvalue weighted by atomic mass is 10.1. The number of aromatic nitrogens is 3. The smallest absolute Gasteiger partial charge is 0.184 e. The summed E-state index contributed by atoms with van der Waals surface area (Å²) in [4.78, 5) is 3.96. The Hall–Kier alpha value is -2.04. The van der Waals surface area contributed by atoms with Crippen LogP contribution in [0.5, 0.6) is 5.75 Å². The monoisotopic (exact) mass is 207 g/mol. The highest BCUT2D eigenvalue weighted by atomic mass is 16.5. The molecule has 0 aliphatic rings. The van der Waals surface area contributed by atoms with Crippen molar-refractivity contribution in [2.45, 2.75) is 0 Å². The molecular weight excluding hydrogens is 192 g/mol. The summed E-state index contributed by atoms with van der Waals surface area (Å²) in [6.45, 7) is -2.35. The Bertz CT molecular complexity index is 564. The van der Waals surface area contributed by atoms with Crippen molar-refractivity contribution in [1.82, 2.24) is 14.8 Å². The van der Waals surface area contributed by atoms with Crippen LogP contribution in [-0.2, 0) is 6.98 Å². The van der Waals surface area contributed by atoms with E-state index in [9.17, 15) is 0 Å². The molecule has 0 bridgehead atoms. The van der Waals surface area contributed by atoms with Crippen molar-refractivity contribution < 1.29 is 8.85 Å². The molecule has 0 unspecified atom stereocenters. The highest BCUT2D eigenvalue weighted by molar-refractivity contribution is 5.72. The quantitative estimate of drug-likeness (QED) is 0.748. The van der Waals surface area contributed by atoms with Gasteiger partial charge < -0.3 is 10.5 Å². The Morgan fingerprint density at radius 3 is 3.07 bits per heavy atom. The first-order valence-corrected chi connectivity index (χ1v) is 4.28. The van der Waals surface area contributed by atoms with Gasteiger partial charge in [0.1, 0.15) is 6.33 Å². The highest BCUT2D eigenvalue weighted by Crippen LogP contribution is 2.32. The molecule has 0 aliphatic heterocycles. The van der Waals surface area contributed by atoms with E-state index in [0.717, 1.165) is 11.0 Å². The van der Waals surface area contributed by atoms with Crippen LogP contribution < -0.4 is 10.5 Å². The number of hydrogen-bond donors (Lipinski definition) is 1. The van der Waals surface area contributed by atoms with Crippen molar-refractivity contribution >= 4 is 5.69 Å². The fourth-order valence-corrected chi connectivity index (χ4v) is 1.35. The molecule has 5 heteroatoms. The van der Waals surface area contributed by atoms with E-state index in [2.05, 4.69) is 10.1 Å². The number of para-hydroxylation sites is 1. The van der Waals surface area contributed by atoms with Crippen molar-refractivity contribution in [2.24, 2.45) is 6.98 Å². The zero-order chi connectivity index (χ0) is 13.3. The lowest BCUT2D eigenvalue weighted by Gasteiger charge is -2.07. The minimum atomic E-state index is -2.35. The molecule has 78 valence electrons. The minimum Gasteiger partial charge on any atom is -0.494 e. The van der Waals surface area contributed by atoms with Crippen LogP contribution in [0.4, 0.5) is 5.69 Å². The lowest BCUT2D eigenvalue weighted by molar-refractivity contribution is 0.418. The summed E-state index contributed by atoms with van der Waals surface area (Å²) in [6.07, 6.45) is 1.16. The third-order valence-electron chi connectivity index (χ3n) is 1.98. The first kappa shape index (κ1) is 6.44. The fourth-order valence-electron chi connectivity index (χ4n) is 1.35. The largest absolute Gasteiger partial charge is 0.494 e. The average molecular weight is 207 g/mol. The second kappa shape index (κ2) is 3.61. The van der Waals surface area contributed by atoms with Gasteiger partial charge in [0.15, 0.2) is 11.6 Å². The molecule has 2 aromatic rings. The van der Waals surface area contributed by atoms with Crippen LogP contribution in [0.2, 0.25) is 0 Å². The van der Waals surface area contributed by atoms with E-state index in [0.29, 0.717) is 17.0 Å². The summed E-state index contributed by atoms with van der Waals surface area (Å²) >= 11 is 0. The number of benzene rings is 1. The van der Waals surface area contributed by atoms with Crippen LogP contribution in [0.1, 0.15) is 4.11 Å². The predicted octanol–water partition coefficient (Wildman–Crippen LogP) is 1.07. The van der Waals surface area contributed by atoms with E-state index in [1.54, 1.807) is 18.2 Å². The molecule has 5 nitrogen and oxygen atoms in total. The van der Waals surface area contributed by atoms with Crippen LogP contribution in [-0.4, -0.2) is 21.9 Å². The van der Waals surface area contributed by atoms with E-state index >= 15 is 0 Å². The van der Waals surface area contributed by atoms with E-state index in [1.807, 2.05) is 0 Å². The van der Waals surface area contributed by atoms with Crippen molar-refractivity contribution in [1.29, 1.82) is 0 Å². The van der Waals surface area contributed by atoms with Crippen molar-refractivity contribution in [3.05, 3.63) is 24.5 Å². The molecule has 0 atom stereocenters. The minimum absolute atomic E-state index is 0.260. The van der Waals surface area contributed by atoms with E-state index < -0.39 is 6.98 Å². The number of nitrogens with two attached hydrogens (primary N) is 1. The second-order valence-corrected chi connectivity index (χ2v) is 2.94. The Labute approximate surface area is 91.7 Å². The topological polar surface area (TPSA) is 66.0 Å². The first-order chi connectivity index (χ1) is 8.43. The number of rotatable bonds is 2. The summed E-state index contributed by atoms with van der Waals surface area (Å²) in [5.74, 6) is 0.691. The average Bonchev–Trinajstić information content (AvgIpc) is 2.77. The summed E-state index contributed by atoms with van der Waals surface area (Å²) in [5, 5.41) is 3.91. The second-order valence-electron chi connectivity index (χ2n) is 2.94.